The molecule has 1 aliphatic rings. The summed E-state index contributed by atoms with van der Waals surface area (Å²) in [6.07, 6.45) is 4.38. The molecule has 1 saturated heterocycles. The molecule has 0 unspecified atom stereocenters. The fourth-order valence-electron chi connectivity index (χ4n) is 2.06. The number of ether oxygens (including phenoxy) is 2. The molecular weight excluding hydrogens is 276 g/mol. The largest absolute Gasteiger partial charge is 0.376 e. The highest BCUT2D eigenvalue weighted by atomic mass is 32.1. The van der Waals surface area contributed by atoms with Crippen LogP contribution >= 0.6 is 11.3 Å². The van der Waals surface area contributed by atoms with Gasteiger partial charge in [0.1, 0.15) is 6.61 Å². The highest BCUT2D eigenvalue weighted by molar-refractivity contribution is 7.09. The maximum atomic E-state index is 11.6. The number of carbonyl (C=O) groups excluding carboxylic acids is 1. The van der Waals surface area contributed by atoms with Gasteiger partial charge in [0, 0.05) is 12.0 Å². The minimum absolute atomic E-state index is 0.0891. The summed E-state index contributed by atoms with van der Waals surface area (Å²) in [6, 6.07) is 0. The van der Waals surface area contributed by atoms with Crippen LogP contribution < -0.4 is 5.32 Å². The monoisotopic (exact) mass is 298 g/mol. The van der Waals surface area contributed by atoms with Crippen molar-refractivity contribution in [2.45, 2.75) is 45.3 Å². The quantitative estimate of drug-likeness (QED) is 0.796. The normalized spacial score (nSPS) is 18.4. The number of rotatable bonds is 8. The molecule has 5 nitrogen and oxygen atoms in total. The number of thiazole rings is 1. The third kappa shape index (κ3) is 5.19. The van der Waals surface area contributed by atoms with Gasteiger partial charge in [0.25, 0.3) is 0 Å². The molecule has 0 spiro atoms. The number of nitrogens with zero attached hydrogens (tertiary/aromatic N) is 1. The van der Waals surface area contributed by atoms with E-state index in [1.165, 1.54) is 0 Å². The Morgan fingerprint density at radius 3 is 3.30 bits per heavy atom. The van der Waals surface area contributed by atoms with Crippen molar-refractivity contribution in [3.8, 4) is 0 Å². The van der Waals surface area contributed by atoms with Crippen molar-refractivity contribution in [3.05, 3.63) is 16.1 Å². The first-order chi connectivity index (χ1) is 9.78. The maximum Gasteiger partial charge on any atom is 0.246 e. The van der Waals surface area contributed by atoms with Crippen LogP contribution in [0.15, 0.2) is 5.38 Å². The second-order valence-electron chi connectivity index (χ2n) is 4.91. The summed E-state index contributed by atoms with van der Waals surface area (Å²) in [6.45, 7) is 4.01. The van der Waals surface area contributed by atoms with E-state index >= 15 is 0 Å². The molecule has 0 aromatic carbocycles. The Balaban J connectivity index is 1.58. The number of amides is 1. The lowest BCUT2D eigenvalue weighted by Gasteiger charge is -2.09. The standard InChI is InChI=1S/C14H22N2O3S/c1-2-4-14-16-11(10-20-14)7-15-13(17)9-18-8-12-5-3-6-19-12/h10,12H,2-9H2,1H3,(H,15,17)/t12-/m1/s1. The highest BCUT2D eigenvalue weighted by Gasteiger charge is 2.15. The van der Waals surface area contributed by atoms with E-state index in [1.807, 2.05) is 5.38 Å². The molecule has 6 heteroatoms. The second kappa shape index (κ2) is 8.34. The SMILES string of the molecule is CCCc1nc(CNC(=O)COC[C@H]2CCCO2)cs1. The number of carbonyl (C=O) groups is 1. The molecule has 1 aromatic heterocycles. The Bertz CT molecular complexity index is 416. The van der Waals surface area contributed by atoms with Crippen LogP contribution in [0.25, 0.3) is 0 Å². The number of nitrogens with one attached hydrogen (secondary N) is 1. The Morgan fingerprint density at radius 2 is 2.55 bits per heavy atom. The fraction of sp³-hybridized carbons (Fsp3) is 0.714. The first-order valence-electron chi connectivity index (χ1n) is 7.17. The molecular formula is C14H22N2O3S. The molecule has 1 atom stereocenters. The smallest absolute Gasteiger partial charge is 0.246 e. The summed E-state index contributed by atoms with van der Waals surface area (Å²) >= 11 is 1.65. The Hall–Kier alpha value is -0.980. The van der Waals surface area contributed by atoms with Crippen LogP contribution in [0.2, 0.25) is 0 Å². The third-order valence-electron chi connectivity index (χ3n) is 3.09. The lowest BCUT2D eigenvalue weighted by Crippen LogP contribution is -2.28. The molecule has 1 aliphatic heterocycles. The van der Waals surface area contributed by atoms with E-state index < -0.39 is 0 Å². The number of hydrogen-bond acceptors (Lipinski definition) is 5. The third-order valence-corrected chi connectivity index (χ3v) is 4.05. The van der Waals surface area contributed by atoms with E-state index in [1.54, 1.807) is 11.3 Å². The average Bonchev–Trinajstić information content (AvgIpc) is 3.08. The van der Waals surface area contributed by atoms with Crippen molar-refractivity contribution in [2.75, 3.05) is 19.8 Å². The van der Waals surface area contributed by atoms with Gasteiger partial charge in [-0.25, -0.2) is 4.98 Å². The minimum atomic E-state index is -0.104. The maximum absolute atomic E-state index is 11.6. The van der Waals surface area contributed by atoms with Crippen molar-refractivity contribution >= 4 is 17.2 Å². The molecule has 1 aromatic rings. The molecule has 0 radical (unpaired) electrons. The summed E-state index contributed by atoms with van der Waals surface area (Å²) < 4.78 is 10.8. The van der Waals surface area contributed by atoms with E-state index in [9.17, 15) is 4.79 Å². The lowest BCUT2D eigenvalue weighted by molar-refractivity contribution is -0.127. The van der Waals surface area contributed by atoms with E-state index in [2.05, 4.69) is 17.2 Å². The van der Waals surface area contributed by atoms with Gasteiger partial charge in [0.05, 0.1) is 30.0 Å². The van der Waals surface area contributed by atoms with Gasteiger partial charge >= 0.3 is 0 Å². The molecule has 2 heterocycles. The van der Waals surface area contributed by atoms with Gasteiger partial charge in [0.15, 0.2) is 0 Å². The van der Waals surface area contributed by atoms with Crippen LogP contribution in [0.4, 0.5) is 0 Å². The summed E-state index contributed by atoms with van der Waals surface area (Å²) in [5, 5.41) is 5.95. The highest BCUT2D eigenvalue weighted by Crippen LogP contribution is 2.12. The van der Waals surface area contributed by atoms with Gasteiger partial charge in [-0.05, 0) is 25.7 Å². The van der Waals surface area contributed by atoms with Crippen LogP contribution in [0, 0.1) is 0 Å². The lowest BCUT2D eigenvalue weighted by atomic mass is 10.2. The van der Waals surface area contributed by atoms with Gasteiger partial charge in [-0.15, -0.1) is 11.3 Å². The van der Waals surface area contributed by atoms with Crippen LogP contribution in [-0.4, -0.2) is 36.8 Å². The van der Waals surface area contributed by atoms with E-state index in [-0.39, 0.29) is 18.6 Å². The van der Waals surface area contributed by atoms with Crippen molar-refractivity contribution in [3.63, 3.8) is 0 Å². The number of aromatic nitrogens is 1. The fourth-order valence-corrected chi connectivity index (χ4v) is 2.96. The first kappa shape index (κ1) is 15.4. The van der Waals surface area contributed by atoms with E-state index in [0.29, 0.717) is 13.2 Å². The molecule has 0 saturated carbocycles. The Morgan fingerprint density at radius 1 is 1.65 bits per heavy atom. The summed E-state index contributed by atoms with van der Waals surface area (Å²) in [5.41, 5.74) is 0.922. The van der Waals surface area contributed by atoms with Gasteiger partial charge in [0.2, 0.25) is 5.91 Å². The van der Waals surface area contributed by atoms with Gasteiger partial charge in [-0.1, -0.05) is 6.92 Å². The molecule has 112 valence electrons. The zero-order valence-electron chi connectivity index (χ0n) is 11.9. The van der Waals surface area contributed by atoms with Crippen molar-refractivity contribution in [2.24, 2.45) is 0 Å². The molecule has 1 fully saturated rings. The predicted molar refractivity (Wildman–Crippen MR) is 77.7 cm³/mol. The molecule has 0 bridgehead atoms. The van der Waals surface area contributed by atoms with Crippen LogP contribution in [0.1, 0.15) is 36.9 Å². The molecule has 1 amide bonds. The zero-order chi connectivity index (χ0) is 14.2. The minimum Gasteiger partial charge on any atom is -0.376 e. The first-order valence-corrected chi connectivity index (χ1v) is 8.05. The molecule has 20 heavy (non-hydrogen) atoms. The van der Waals surface area contributed by atoms with Crippen LogP contribution in [0.3, 0.4) is 0 Å². The van der Waals surface area contributed by atoms with E-state index in [4.69, 9.17) is 9.47 Å². The summed E-state index contributed by atoms with van der Waals surface area (Å²) in [5.74, 6) is -0.104. The predicted octanol–water partition coefficient (Wildman–Crippen LogP) is 1.91. The van der Waals surface area contributed by atoms with Crippen LogP contribution in [0.5, 0.6) is 0 Å². The molecule has 2 rings (SSSR count). The molecule has 1 N–H and O–H groups in total. The molecule has 0 aliphatic carbocycles. The van der Waals surface area contributed by atoms with Crippen molar-refractivity contribution < 1.29 is 14.3 Å². The van der Waals surface area contributed by atoms with Crippen molar-refractivity contribution in [1.82, 2.24) is 10.3 Å². The second-order valence-corrected chi connectivity index (χ2v) is 5.85. The topological polar surface area (TPSA) is 60.5 Å². The van der Waals surface area contributed by atoms with Gasteiger partial charge < -0.3 is 14.8 Å². The zero-order valence-corrected chi connectivity index (χ0v) is 12.7. The summed E-state index contributed by atoms with van der Waals surface area (Å²) in [4.78, 5) is 16.1. The number of hydrogen-bond donors (Lipinski definition) is 1. The summed E-state index contributed by atoms with van der Waals surface area (Å²) in [7, 11) is 0. The number of aryl methyl sites for hydroxylation is 1. The van der Waals surface area contributed by atoms with E-state index in [0.717, 1.165) is 43.0 Å². The average molecular weight is 298 g/mol. The van der Waals surface area contributed by atoms with Gasteiger partial charge in [-0.2, -0.15) is 0 Å². The van der Waals surface area contributed by atoms with Gasteiger partial charge in [-0.3, -0.25) is 4.79 Å². The van der Waals surface area contributed by atoms with Crippen LogP contribution in [-0.2, 0) is 27.2 Å². The van der Waals surface area contributed by atoms with Crippen molar-refractivity contribution in [1.29, 1.82) is 0 Å². The Labute approximate surface area is 123 Å². The Kier molecular flexibility index (Phi) is 6.42.